The molecule has 0 spiro atoms. The van der Waals surface area contributed by atoms with Crippen LogP contribution in [0.25, 0.3) is 16.8 Å². The lowest BCUT2D eigenvalue weighted by atomic mass is 10.1. The van der Waals surface area contributed by atoms with E-state index in [-0.39, 0.29) is 5.69 Å². The molecule has 0 radical (unpaired) electrons. The Labute approximate surface area is 142 Å². The molecule has 23 heavy (non-hydrogen) atoms. The van der Waals surface area contributed by atoms with Gasteiger partial charge in [-0.25, -0.2) is 9.48 Å². The Balaban J connectivity index is 2.12. The van der Waals surface area contributed by atoms with E-state index in [1.165, 1.54) is 0 Å². The molecule has 0 aliphatic rings. The molecular weight excluding hydrogens is 358 g/mol. The summed E-state index contributed by atoms with van der Waals surface area (Å²) in [6.45, 7) is 2.07. The molecule has 0 amide bonds. The highest BCUT2D eigenvalue weighted by molar-refractivity contribution is 9.10. The SMILES string of the molecule is CCOC(=O)c1nn(-c2cccc(Br)c2)cc1-c1cccnc1. The van der Waals surface area contributed by atoms with Crippen molar-refractivity contribution in [2.45, 2.75) is 6.92 Å². The maximum atomic E-state index is 12.2. The number of aromatic nitrogens is 3. The summed E-state index contributed by atoms with van der Waals surface area (Å²) >= 11 is 3.44. The third-order valence-corrected chi connectivity index (χ3v) is 3.72. The average Bonchev–Trinajstić information content (AvgIpc) is 3.01. The number of rotatable bonds is 4. The van der Waals surface area contributed by atoms with Crippen LogP contribution >= 0.6 is 15.9 Å². The van der Waals surface area contributed by atoms with Crippen molar-refractivity contribution in [2.24, 2.45) is 0 Å². The highest BCUT2D eigenvalue weighted by Crippen LogP contribution is 2.25. The number of ether oxygens (including phenoxy) is 1. The molecule has 0 bridgehead atoms. The number of carbonyl (C=O) groups excluding carboxylic acids is 1. The van der Waals surface area contributed by atoms with Gasteiger partial charge in [0.1, 0.15) is 0 Å². The number of nitrogens with zero attached hydrogens (tertiary/aromatic N) is 3. The largest absolute Gasteiger partial charge is 0.461 e. The van der Waals surface area contributed by atoms with E-state index < -0.39 is 5.97 Å². The molecule has 0 N–H and O–H groups in total. The van der Waals surface area contributed by atoms with E-state index in [2.05, 4.69) is 26.0 Å². The fourth-order valence-electron chi connectivity index (χ4n) is 2.21. The average molecular weight is 372 g/mol. The number of halogens is 1. The Hall–Kier alpha value is -2.47. The number of benzene rings is 1. The van der Waals surface area contributed by atoms with E-state index in [9.17, 15) is 4.79 Å². The van der Waals surface area contributed by atoms with Crippen LogP contribution < -0.4 is 0 Å². The zero-order valence-electron chi connectivity index (χ0n) is 12.4. The number of hydrogen-bond donors (Lipinski definition) is 0. The Kier molecular flexibility index (Phi) is 4.52. The summed E-state index contributed by atoms with van der Waals surface area (Å²) in [5.74, 6) is -0.444. The standard InChI is InChI=1S/C17H14BrN3O2/c1-2-23-17(22)16-15(12-5-4-8-19-10-12)11-21(20-16)14-7-3-6-13(18)9-14/h3-11H,2H2,1H3. The summed E-state index contributed by atoms with van der Waals surface area (Å²) < 4.78 is 7.72. The Bertz CT molecular complexity index is 831. The fourth-order valence-corrected chi connectivity index (χ4v) is 2.60. The van der Waals surface area contributed by atoms with Gasteiger partial charge in [-0.05, 0) is 31.2 Å². The van der Waals surface area contributed by atoms with Gasteiger partial charge in [0.05, 0.1) is 12.3 Å². The van der Waals surface area contributed by atoms with E-state index in [0.29, 0.717) is 12.2 Å². The molecule has 0 aliphatic heterocycles. The topological polar surface area (TPSA) is 57.0 Å². The van der Waals surface area contributed by atoms with Crippen molar-refractivity contribution in [1.82, 2.24) is 14.8 Å². The molecule has 5 nitrogen and oxygen atoms in total. The van der Waals surface area contributed by atoms with Crippen LogP contribution in [-0.4, -0.2) is 27.3 Å². The predicted molar refractivity (Wildman–Crippen MR) is 90.5 cm³/mol. The van der Waals surface area contributed by atoms with Gasteiger partial charge in [0, 0.05) is 34.2 Å². The van der Waals surface area contributed by atoms with Crippen molar-refractivity contribution in [2.75, 3.05) is 6.61 Å². The van der Waals surface area contributed by atoms with Gasteiger partial charge >= 0.3 is 5.97 Å². The molecule has 0 unspecified atom stereocenters. The lowest BCUT2D eigenvalue weighted by Gasteiger charge is -2.01. The smallest absolute Gasteiger partial charge is 0.359 e. The molecule has 1 aromatic carbocycles. The molecule has 0 saturated heterocycles. The first-order valence-electron chi connectivity index (χ1n) is 7.12. The third kappa shape index (κ3) is 3.32. The second kappa shape index (κ2) is 6.75. The quantitative estimate of drug-likeness (QED) is 0.653. The first-order valence-corrected chi connectivity index (χ1v) is 7.91. The van der Waals surface area contributed by atoms with Crippen LogP contribution in [0.2, 0.25) is 0 Å². The van der Waals surface area contributed by atoms with Crippen molar-refractivity contribution >= 4 is 21.9 Å². The summed E-state index contributed by atoms with van der Waals surface area (Å²) in [7, 11) is 0. The summed E-state index contributed by atoms with van der Waals surface area (Å²) in [6, 6.07) is 11.4. The van der Waals surface area contributed by atoms with Gasteiger partial charge in [-0.2, -0.15) is 5.10 Å². The van der Waals surface area contributed by atoms with Crippen LogP contribution in [0.3, 0.4) is 0 Å². The van der Waals surface area contributed by atoms with Crippen molar-refractivity contribution < 1.29 is 9.53 Å². The van der Waals surface area contributed by atoms with E-state index in [4.69, 9.17) is 4.74 Å². The van der Waals surface area contributed by atoms with E-state index in [0.717, 1.165) is 15.7 Å². The van der Waals surface area contributed by atoms with Gasteiger partial charge < -0.3 is 4.74 Å². The highest BCUT2D eigenvalue weighted by Gasteiger charge is 2.20. The minimum atomic E-state index is -0.444. The van der Waals surface area contributed by atoms with Gasteiger partial charge in [0.15, 0.2) is 5.69 Å². The van der Waals surface area contributed by atoms with Crippen molar-refractivity contribution in [1.29, 1.82) is 0 Å². The molecule has 116 valence electrons. The van der Waals surface area contributed by atoms with Crippen LogP contribution in [-0.2, 0) is 4.74 Å². The predicted octanol–water partition coefficient (Wildman–Crippen LogP) is 3.87. The number of esters is 1. The lowest BCUT2D eigenvalue weighted by Crippen LogP contribution is -2.07. The lowest BCUT2D eigenvalue weighted by molar-refractivity contribution is 0.0520. The fraction of sp³-hybridized carbons (Fsp3) is 0.118. The summed E-state index contributed by atoms with van der Waals surface area (Å²) in [6.07, 6.45) is 5.20. The van der Waals surface area contributed by atoms with Crippen LogP contribution in [0.1, 0.15) is 17.4 Å². The second-order valence-corrected chi connectivity index (χ2v) is 5.69. The third-order valence-electron chi connectivity index (χ3n) is 3.23. The zero-order chi connectivity index (χ0) is 16.2. The van der Waals surface area contributed by atoms with Crippen molar-refractivity contribution in [3.63, 3.8) is 0 Å². The van der Waals surface area contributed by atoms with Crippen molar-refractivity contribution in [3.05, 3.63) is 65.2 Å². The van der Waals surface area contributed by atoms with Crippen LogP contribution in [0.15, 0.2) is 59.5 Å². The monoisotopic (exact) mass is 371 g/mol. The second-order valence-electron chi connectivity index (χ2n) is 4.78. The Morgan fingerprint density at radius 3 is 2.87 bits per heavy atom. The molecule has 0 fully saturated rings. The summed E-state index contributed by atoms with van der Waals surface area (Å²) in [4.78, 5) is 16.3. The van der Waals surface area contributed by atoms with Crippen LogP contribution in [0.5, 0.6) is 0 Å². The number of pyridine rings is 1. The number of carbonyl (C=O) groups is 1. The molecular formula is C17H14BrN3O2. The van der Waals surface area contributed by atoms with Gasteiger partial charge in [-0.1, -0.05) is 28.1 Å². The maximum Gasteiger partial charge on any atom is 0.359 e. The van der Waals surface area contributed by atoms with Crippen LogP contribution in [0.4, 0.5) is 0 Å². The number of hydrogen-bond acceptors (Lipinski definition) is 4. The molecule has 2 heterocycles. The molecule has 2 aromatic heterocycles. The first kappa shape index (κ1) is 15.4. The molecule has 6 heteroatoms. The van der Waals surface area contributed by atoms with Crippen LogP contribution in [0, 0.1) is 0 Å². The van der Waals surface area contributed by atoms with Gasteiger partial charge in [-0.15, -0.1) is 0 Å². The molecule has 0 atom stereocenters. The normalized spacial score (nSPS) is 10.5. The molecule has 0 saturated carbocycles. The summed E-state index contributed by atoms with van der Waals surface area (Å²) in [5, 5.41) is 4.41. The Morgan fingerprint density at radius 1 is 1.30 bits per heavy atom. The zero-order valence-corrected chi connectivity index (χ0v) is 14.0. The van der Waals surface area contributed by atoms with E-state index in [1.54, 1.807) is 24.0 Å². The summed E-state index contributed by atoms with van der Waals surface area (Å²) in [5.41, 5.74) is 2.63. The molecule has 3 rings (SSSR count). The van der Waals surface area contributed by atoms with E-state index in [1.807, 2.05) is 42.6 Å². The molecule has 3 aromatic rings. The Morgan fingerprint density at radius 2 is 2.17 bits per heavy atom. The first-order chi connectivity index (χ1) is 11.2. The van der Waals surface area contributed by atoms with Gasteiger partial charge in [0.2, 0.25) is 0 Å². The van der Waals surface area contributed by atoms with E-state index >= 15 is 0 Å². The minimum absolute atomic E-state index is 0.278. The van der Waals surface area contributed by atoms with Gasteiger partial charge in [-0.3, -0.25) is 4.98 Å². The maximum absolute atomic E-state index is 12.2. The molecule has 0 aliphatic carbocycles. The minimum Gasteiger partial charge on any atom is -0.461 e. The highest BCUT2D eigenvalue weighted by atomic mass is 79.9. The van der Waals surface area contributed by atoms with Crippen molar-refractivity contribution in [3.8, 4) is 16.8 Å². The van der Waals surface area contributed by atoms with Gasteiger partial charge in [0.25, 0.3) is 0 Å².